The highest BCUT2D eigenvalue weighted by atomic mass is 32.1. The number of amides is 1. The lowest BCUT2D eigenvalue weighted by Crippen LogP contribution is -2.51. The fraction of sp³-hybridized carbons (Fsp3) is 0.417. The van der Waals surface area contributed by atoms with Crippen molar-refractivity contribution in [2.75, 3.05) is 36.9 Å². The monoisotopic (exact) mass is 435 g/mol. The van der Waals surface area contributed by atoms with Gasteiger partial charge in [0, 0.05) is 56.0 Å². The summed E-state index contributed by atoms with van der Waals surface area (Å²) in [6.45, 7) is 4.86. The third kappa shape index (κ3) is 4.00. The smallest absolute Gasteiger partial charge is 0.263 e. The van der Waals surface area contributed by atoms with E-state index in [4.69, 9.17) is 0 Å². The number of anilines is 2. The molecule has 1 aromatic carbocycles. The van der Waals surface area contributed by atoms with Crippen LogP contribution in [0.3, 0.4) is 0 Å². The predicted molar refractivity (Wildman–Crippen MR) is 129 cm³/mol. The minimum absolute atomic E-state index is 0.0420. The Morgan fingerprint density at radius 3 is 2.65 bits per heavy atom. The SMILES string of the molecule is CNc1c(C(=O)NCCc2ccc(N3C[C@H]4CC[C@@H](C3)N4)cc2)sc2nccc(C)c12. The van der Waals surface area contributed by atoms with Crippen LogP contribution in [0.2, 0.25) is 0 Å². The van der Waals surface area contributed by atoms with Crippen LogP contribution in [-0.2, 0) is 6.42 Å². The Kier molecular flexibility index (Phi) is 5.54. The summed E-state index contributed by atoms with van der Waals surface area (Å²) in [5.41, 5.74) is 4.54. The highest BCUT2D eigenvalue weighted by molar-refractivity contribution is 7.21. The zero-order valence-corrected chi connectivity index (χ0v) is 18.9. The van der Waals surface area contributed by atoms with Crippen molar-refractivity contribution in [3.8, 4) is 0 Å². The lowest BCUT2D eigenvalue weighted by molar-refractivity contribution is 0.0959. The van der Waals surface area contributed by atoms with E-state index < -0.39 is 0 Å². The first kappa shape index (κ1) is 20.3. The summed E-state index contributed by atoms with van der Waals surface area (Å²) in [6.07, 6.45) is 5.20. The lowest BCUT2D eigenvalue weighted by atomic mass is 10.1. The van der Waals surface area contributed by atoms with Crippen LogP contribution in [0.4, 0.5) is 11.4 Å². The molecule has 0 saturated carbocycles. The van der Waals surface area contributed by atoms with Crippen molar-refractivity contribution in [2.24, 2.45) is 0 Å². The molecule has 0 spiro atoms. The Labute approximate surface area is 187 Å². The molecule has 6 nitrogen and oxygen atoms in total. The molecule has 2 atom stereocenters. The number of nitrogens with zero attached hydrogens (tertiary/aromatic N) is 2. The molecule has 162 valence electrons. The summed E-state index contributed by atoms with van der Waals surface area (Å²) in [5, 5.41) is 11.0. The molecule has 2 saturated heterocycles. The van der Waals surface area contributed by atoms with Gasteiger partial charge >= 0.3 is 0 Å². The number of aromatic nitrogens is 1. The van der Waals surface area contributed by atoms with Gasteiger partial charge in [-0.15, -0.1) is 11.3 Å². The minimum atomic E-state index is -0.0420. The summed E-state index contributed by atoms with van der Waals surface area (Å²) in [7, 11) is 1.86. The molecule has 31 heavy (non-hydrogen) atoms. The molecule has 0 aliphatic carbocycles. The fourth-order valence-corrected chi connectivity index (χ4v) is 6.00. The second-order valence-electron chi connectivity index (χ2n) is 8.58. The molecule has 4 heterocycles. The van der Waals surface area contributed by atoms with Gasteiger partial charge in [-0.25, -0.2) is 4.98 Å². The zero-order chi connectivity index (χ0) is 21.4. The topological polar surface area (TPSA) is 69.3 Å². The van der Waals surface area contributed by atoms with E-state index in [9.17, 15) is 4.79 Å². The molecule has 2 aliphatic rings. The van der Waals surface area contributed by atoms with Gasteiger partial charge in [0.05, 0.1) is 5.69 Å². The lowest BCUT2D eigenvalue weighted by Gasteiger charge is -2.34. The molecule has 3 aromatic rings. The normalized spacial score (nSPS) is 20.3. The second kappa shape index (κ2) is 8.48. The van der Waals surface area contributed by atoms with E-state index in [1.807, 2.05) is 20.0 Å². The summed E-state index contributed by atoms with van der Waals surface area (Å²) in [4.78, 5) is 21.4. The van der Waals surface area contributed by atoms with Crippen molar-refractivity contribution in [1.29, 1.82) is 0 Å². The summed E-state index contributed by atoms with van der Waals surface area (Å²) in [6, 6.07) is 12.1. The van der Waals surface area contributed by atoms with Gasteiger partial charge in [0.15, 0.2) is 0 Å². The molecule has 0 radical (unpaired) electrons. The van der Waals surface area contributed by atoms with Crippen molar-refractivity contribution in [1.82, 2.24) is 15.6 Å². The van der Waals surface area contributed by atoms with E-state index in [0.717, 1.165) is 41.0 Å². The zero-order valence-electron chi connectivity index (χ0n) is 18.1. The van der Waals surface area contributed by atoms with Gasteiger partial charge in [0.25, 0.3) is 5.91 Å². The number of hydrogen-bond acceptors (Lipinski definition) is 6. The molecule has 2 aromatic heterocycles. The molecule has 2 bridgehead atoms. The number of thiophene rings is 1. The average Bonchev–Trinajstić information content (AvgIpc) is 3.34. The fourth-order valence-electron chi connectivity index (χ4n) is 4.86. The number of rotatable bonds is 6. The van der Waals surface area contributed by atoms with Crippen molar-refractivity contribution < 1.29 is 4.79 Å². The van der Waals surface area contributed by atoms with Crippen LogP contribution >= 0.6 is 11.3 Å². The maximum absolute atomic E-state index is 12.8. The first-order valence-electron chi connectivity index (χ1n) is 11.1. The third-order valence-electron chi connectivity index (χ3n) is 6.47. The maximum atomic E-state index is 12.8. The Morgan fingerprint density at radius 2 is 1.94 bits per heavy atom. The van der Waals surface area contributed by atoms with Crippen molar-refractivity contribution in [3.05, 3.63) is 52.5 Å². The summed E-state index contributed by atoms with van der Waals surface area (Å²) < 4.78 is 0. The van der Waals surface area contributed by atoms with E-state index >= 15 is 0 Å². The Bertz CT molecular complexity index is 1080. The molecular formula is C24H29N5OS. The molecule has 2 fully saturated rings. The van der Waals surface area contributed by atoms with Gasteiger partial charge in [-0.2, -0.15) is 0 Å². The number of hydrogen-bond donors (Lipinski definition) is 3. The number of fused-ring (bicyclic) bond motifs is 3. The van der Waals surface area contributed by atoms with Crippen LogP contribution < -0.4 is 20.9 Å². The number of benzene rings is 1. The van der Waals surface area contributed by atoms with Gasteiger partial charge < -0.3 is 20.9 Å². The number of carbonyl (C=O) groups is 1. The van der Waals surface area contributed by atoms with Gasteiger partial charge in [-0.1, -0.05) is 12.1 Å². The molecule has 2 aliphatic heterocycles. The maximum Gasteiger partial charge on any atom is 0.263 e. The van der Waals surface area contributed by atoms with E-state index in [0.29, 0.717) is 23.5 Å². The summed E-state index contributed by atoms with van der Waals surface area (Å²) >= 11 is 1.44. The van der Waals surface area contributed by atoms with Gasteiger partial charge in [0.1, 0.15) is 9.71 Å². The van der Waals surface area contributed by atoms with E-state index in [1.54, 1.807) is 6.20 Å². The first-order valence-corrected chi connectivity index (χ1v) is 11.9. The molecule has 1 amide bonds. The van der Waals surface area contributed by atoms with E-state index in [2.05, 4.69) is 50.1 Å². The third-order valence-corrected chi connectivity index (χ3v) is 7.57. The van der Waals surface area contributed by atoms with Gasteiger partial charge in [-0.3, -0.25) is 4.79 Å². The Morgan fingerprint density at radius 1 is 1.19 bits per heavy atom. The van der Waals surface area contributed by atoms with Crippen molar-refractivity contribution in [2.45, 2.75) is 38.3 Å². The molecule has 5 rings (SSSR count). The summed E-state index contributed by atoms with van der Waals surface area (Å²) in [5.74, 6) is -0.0420. The highest BCUT2D eigenvalue weighted by Gasteiger charge is 2.32. The number of nitrogens with one attached hydrogen (secondary N) is 3. The predicted octanol–water partition coefficient (Wildman–Crippen LogP) is 3.56. The van der Waals surface area contributed by atoms with Crippen LogP contribution in [0, 0.1) is 6.92 Å². The van der Waals surface area contributed by atoms with Crippen LogP contribution in [0.5, 0.6) is 0 Å². The van der Waals surface area contributed by atoms with Crippen molar-refractivity contribution in [3.63, 3.8) is 0 Å². The molecular weight excluding hydrogens is 406 g/mol. The standard InChI is InChI=1S/C24H29N5OS/c1-15-9-11-27-24-20(15)21(25-2)22(31-24)23(30)26-12-10-16-3-7-19(8-4-16)29-13-17-5-6-18(14-29)28-17/h3-4,7-9,11,17-18,25,28H,5-6,10,12-14H2,1-2H3,(H,26,30)/t17-,18+. The van der Waals surface area contributed by atoms with Gasteiger partial charge in [0.2, 0.25) is 0 Å². The van der Waals surface area contributed by atoms with Crippen LogP contribution in [0.25, 0.3) is 10.2 Å². The van der Waals surface area contributed by atoms with Crippen LogP contribution in [0.1, 0.15) is 33.6 Å². The van der Waals surface area contributed by atoms with Crippen LogP contribution in [0.15, 0.2) is 36.5 Å². The molecule has 0 unspecified atom stereocenters. The molecule has 3 N–H and O–H groups in total. The number of pyridine rings is 1. The second-order valence-corrected chi connectivity index (χ2v) is 9.58. The van der Waals surface area contributed by atoms with E-state index in [1.165, 1.54) is 35.4 Å². The van der Waals surface area contributed by atoms with Gasteiger partial charge in [-0.05, 0) is 55.5 Å². The average molecular weight is 436 g/mol. The highest BCUT2D eigenvalue weighted by Crippen LogP contribution is 2.36. The minimum Gasteiger partial charge on any atom is -0.386 e. The largest absolute Gasteiger partial charge is 0.386 e. The Hall–Kier alpha value is -2.64. The van der Waals surface area contributed by atoms with Crippen molar-refractivity contribution >= 4 is 38.8 Å². The quantitative estimate of drug-likeness (QED) is 0.552. The number of piperazine rings is 1. The molecule has 7 heteroatoms. The van der Waals surface area contributed by atoms with E-state index in [-0.39, 0.29) is 5.91 Å². The number of aryl methyl sites for hydroxylation is 1. The Balaban J connectivity index is 1.20. The van der Waals surface area contributed by atoms with Crippen LogP contribution in [-0.4, -0.2) is 49.7 Å². The first-order chi connectivity index (χ1) is 15.1. The number of carbonyl (C=O) groups excluding carboxylic acids is 1.